The smallest absolute Gasteiger partial charge is 0.266 e. The van der Waals surface area contributed by atoms with Gasteiger partial charge in [-0.15, -0.1) is 4.83 Å². The highest BCUT2D eigenvalue weighted by atomic mass is 35.5. The van der Waals surface area contributed by atoms with Crippen LogP contribution in [0.2, 0.25) is 5.02 Å². The van der Waals surface area contributed by atoms with Crippen molar-refractivity contribution in [2.75, 3.05) is 0 Å². The van der Waals surface area contributed by atoms with E-state index in [2.05, 4.69) is 5.43 Å². The molecule has 2 aromatic carbocycles. The summed E-state index contributed by atoms with van der Waals surface area (Å²) in [6.45, 7) is 1.73. The molecule has 0 saturated heterocycles. The van der Waals surface area contributed by atoms with E-state index >= 15 is 0 Å². The normalized spacial score (nSPS) is 11.2. The first kappa shape index (κ1) is 16.4. The maximum atomic E-state index is 13.0. The van der Waals surface area contributed by atoms with Crippen molar-refractivity contribution in [3.05, 3.63) is 64.4 Å². The third-order valence-corrected chi connectivity index (χ3v) is 4.42. The van der Waals surface area contributed by atoms with Gasteiger partial charge >= 0.3 is 0 Å². The third-order valence-electron chi connectivity index (χ3n) is 2.89. The lowest BCUT2D eigenvalue weighted by atomic mass is 10.1. The van der Waals surface area contributed by atoms with E-state index in [-0.39, 0.29) is 9.92 Å². The molecule has 1 amide bonds. The van der Waals surface area contributed by atoms with Gasteiger partial charge in [0.1, 0.15) is 5.82 Å². The van der Waals surface area contributed by atoms with Crippen LogP contribution in [-0.4, -0.2) is 14.3 Å². The molecule has 0 aromatic heterocycles. The molecule has 0 atom stereocenters. The van der Waals surface area contributed by atoms with Crippen molar-refractivity contribution >= 4 is 27.5 Å². The Morgan fingerprint density at radius 3 is 2.50 bits per heavy atom. The predicted molar refractivity (Wildman–Crippen MR) is 80.4 cm³/mol. The standard InChI is InChI=1S/C14H12ClFN2O3S/c1-9-4-2-3-5-11(9)14(19)17-18-22(20,21)10-6-7-13(16)12(15)8-10/h2-8,18H,1H3,(H,17,19). The number of carbonyl (C=O) groups excluding carboxylic acids is 1. The summed E-state index contributed by atoms with van der Waals surface area (Å²) in [6, 6.07) is 9.65. The van der Waals surface area contributed by atoms with Gasteiger partial charge in [-0.3, -0.25) is 10.2 Å². The largest absolute Gasteiger partial charge is 0.273 e. The summed E-state index contributed by atoms with van der Waals surface area (Å²) < 4.78 is 37.1. The van der Waals surface area contributed by atoms with E-state index < -0.39 is 21.7 Å². The van der Waals surface area contributed by atoms with E-state index in [1.54, 1.807) is 31.2 Å². The molecule has 22 heavy (non-hydrogen) atoms. The number of rotatable bonds is 4. The molecular weight excluding hydrogens is 331 g/mol. The van der Waals surface area contributed by atoms with Crippen molar-refractivity contribution in [3.8, 4) is 0 Å². The molecule has 0 fully saturated rings. The molecule has 0 aliphatic heterocycles. The predicted octanol–water partition coefficient (Wildman–Crippen LogP) is 2.41. The minimum absolute atomic E-state index is 0.260. The molecule has 0 aliphatic carbocycles. The number of carbonyl (C=O) groups is 1. The Labute approximate surface area is 132 Å². The van der Waals surface area contributed by atoms with Crippen molar-refractivity contribution in [1.29, 1.82) is 0 Å². The summed E-state index contributed by atoms with van der Waals surface area (Å²) in [6.07, 6.45) is 0. The Morgan fingerprint density at radius 2 is 1.86 bits per heavy atom. The van der Waals surface area contributed by atoms with Crippen LogP contribution in [0.25, 0.3) is 0 Å². The van der Waals surface area contributed by atoms with E-state index in [0.717, 1.165) is 18.2 Å². The second-order valence-electron chi connectivity index (χ2n) is 4.45. The van der Waals surface area contributed by atoms with E-state index in [0.29, 0.717) is 11.1 Å². The van der Waals surface area contributed by atoms with Crippen LogP contribution in [0.3, 0.4) is 0 Å². The molecular formula is C14H12ClFN2O3S. The molecule has 116 valence electrons. The number of hydrazine groups is 1. The first-order valence-corrected chi connectivity index (χ1v) is 8.00. The number of amides is 1. The maximum Gasteiger partial charge on any atom is 0.266 e. The van der Waals surface area contributed by atoms with Gasteiger partial charge in [-0.1, -0.05) is 29.8 Å². The van der Waals surface area contributed by atoms with Crippen LogP contribution in [0.5, 0.6) is 0 Å². The van der Waals surface area contributed by atoms with Gasteiger partial charge in [0.2, 0.25) is 0 Å². The highest BCUT2D eigenvalue weighted by Crippen LogP contribution is 2.19. The highest BCUT2D eigenvalue weighted by Gasteiger charge is 2.17. The summed E-state index contributed by atoms with van der Waals surface area (Å²) in [7, 11) is -4.05. The average Bonchev–Trinajstić information content (AvgIpc) is 2.48. The molecule has 8 heteroatoms. The molecule has 5 nitrogen and oxygen atoms in total. The lowest BCUT2D eigenvalue weighted by Gasteiger charge is -2.10. The fourth-order valence-corrected chi connectivity index (χ4v) is 2.82. The first-order valence-electron chi connectivity index (χ1n) is 6.14. The topological polar surface area (TPSA) is 75.3 Å². The molecule has 0 aliphatic rings. The first-order chi connectivity index (χ1) is 10.3. The number of hydrogen-bond donors (Lipinski definition) is 2. The van der Waals surface area contributed by atoms with Gasteiger partial charge in [-0.25, -0.2) is 12.8 Å². The Bertz CT molecular complexity index is 825. The van der Waals surface area contributed by atoms with Gasteiger partial charge in [0.25, 0.3) is 15.9 Å². The van der Waals surface area contributed by atoms with Crippen LogP contribution in [0.4, 0.5) is 4.39 Å². The van der Waals surface area contributed by atoms with Crippen molar-refractivity contribution in [2.24, 2.45) is 0 Å². The monoisotopic (exact) mass is 342 g/mol. The van der Waals surface area contributed by atoms with Gasteiger partial charge in [0.05, 0.1) is 9.92 Å². The summed E-state index contributed by atoms with van der Waals surface area (Å²) >= 11 is 5.54. The molecule has 0 heterocycles. The fraction of sp³-hybridized carbons (Fsp3) is 0.0714. The zero-order valence-electron chi connectivity index (χ0n) is 11.4. The molecule has 2 aromatic rings. The van der Waals surface area contributed by atoms with Crippen LogP contribution in [0, 0.1) is 12.7 Å². The van der Waals surface area contributed by atoms with Crippen molar-refractivity contribution < 1.29 is 17.6 Å². The Morgan fingerprint density at radius 1 is 1.18 bits per heavy atom. The molecule has 2 N–H and O–H groups in total. The van der Waals surface area contributed by atoms with Gasteiger partial charge in [-0.2, -0.15) is 0 Å². The summed E-state index contributed by atoms with van der Waals surface area (Å²) in [5.41, 5.74) is 3.13. The molecule has 0 saturated carbocycles. The summed E-state index contributed by atoms with van der Waals surface area (Å²) in [5.74, 6) is -1.33. The number of halogens is 2. The molecule has 0 radical (unpaired) electrons. The number of hydrogen-bond acceptors (Lipinski definition) is 3. The summed E-state index contributed by atoms with van der Waals surface area (Å²) in [4.78, 5) is 13.6. The highest BCUT2D eigenvalue weighted by molar-refractivity contribution is 7.89. The van der Waals surface area contributed by atoms with E-state index in [9.17, 15) is 17.6 Å². The average molecular weight is 343 g/mol. The van der Waals surface area contributed by atoms with Crippen molar-refractivity contribution in [2.45, 2.75) is 11.8 Å². The lowest BCUT2D eigenvalue weighted by Crippen LogP contribution is -2.41. The summed E-state index contributed by atoms with van der Waals surface area (Å²) in [5, 5.41) is -0.326. The van der Waals surface area contributed by atoms with Crippen LogP contribution >= 0.6 is 11.6 Å². The Kier molecular flexibility index (Phi) is 4.80. The van der Waals surface area contributed by atoms with E-state index in [4.69, 9.17) is 11.6 Å². The maximum absolute atomic E-state index is 13.0. The number of nitrogens with one attached hydrogen (secondary N) is 2. The lowest BCUT2D eigenvalue weighted by molar-refractivity contribution is 0.0944. The van der Waals surface area contributed by atoms with Gasteiger partial charge in [0.15, 0.2) is 0 Å². The second kappa shape index (κ2) is 6.43. The number of sulfonamides is 1. The minimum atomic E-state index is -4.05. The zero-order valence-corrected chi connectivity index (χ0v) is 13.0. The van der Waals surface area contributed by atoms with Crippen LogP contribution in [0.1, 0.15) is 15.9 Å². The zero-order chi connectivity index (χ0) is 16.3. The molecule has 2 rings (SSSR count). The van der Waals surface area contributed by atoms with E-state index in [1.807, 2.05) is 4.83 Å². The molecule has 0 bridgehead atoms. The number of aryl methyl sites for hydroxylation is 1. The Hall–Kier alpha value is -1.96. The fourth-order valence-electron chi connectivity index (χ4n) is 1.71. The van der Waals surface area contributed by atoms with Crippen LogP contribution < -0.4 is 10.3 Å². The number of benzene rings is 2. The van der Waals surface area contributed by atoms with Crippen LogP contribution in [0.15, 0.2) is 47.4 Å². The SMILES string of the molecule is Cc1ccccc1C(=O)NNS(=O)(=O)c1ccc(F)c(Cl)c1. The van der Waals surface area contributed by atoms with E-state index in [1.165, 1.54) is 0 Å². The Balaban J connectivity index is 2.14. The van der Waals surface area contributed by atoms with Crippen molar-refractivity contribution in [3.63, 3.8) is 0 Å². The second-order valence-corrected chi connectivity index (χ2v) is 6.54. The molecule has 0 spiro atoms. The third kappa shape index (κ3) is 3.62. The van der Waals surface area contributed by atoms with Gasteiger partial charge in [-0.05, 0) is 36.8 Å². The van der Waals surface area contributed by atoms with Gasteiger partial charge < -0.3 is 0 Å². The molecule has 0 unspecified atom stereocenters. The van der Waals surface area contributed by atoms with Crippen molar-refractivity contribution in [1.82, 2.24) is 10.3 Å². The quantitative estimate of drug-likeness (QED) is 0.838. The minimum Gasteiger partial charge on any atom is -0.273 e. The van der Waals surface area contributed by atoms with Gasteiger partial charge in [0, 0.05) is 5.56 Å². The van der Waals surface area contributed by atoms with Crippen LogP contribution in [-0.2, 0) is 10.0 Å².